The Labute approximate surface area is 101 Å². The number of nitrogens with two attached hydrogens (primary N) is 1. The number of nitrogens with zero attached hydrogens (tertiary/aromatic N) is 2. The molecule has 5 heteroatoms. The van der Waals surface area contributed by atoms with E-state index in [0.29, 0.717) is 5.92 Å². The van der Waals surface area contributed by atoms with Crippen molar-refractivity contribution in [2.45, 2.75) is 18.8 Å². The van der Waals surface area contributed by atoms with Gasteiger partial charge in [-0.05, 0) is 25.9 Å². The van der Waals surface area contributed by atoms with Gasteiger partial charge < -0.3 is 10.6 Å². The van der Waals surface area contributed by atoms with Crippen molar-refractivity contribution in [1.29, 1.82) is 0 Å². The smallest absolute Gasteiger partial charge is 0.0956 e. The van der Waals surface area contributed by atoms with Crippen molar-refractivity contribution in [1.82, 2.24) is 9.88 Å². The van der Waals surface area contributed by atoms with Crippen LogP contribution in [0, 0.1) is 0 Å². The van der Waals surface area contributed by atoms with Crippen LogP contribution in [0.15, 0.2) is 11.6 Å². The van der Waals surface area contributed by atoms with Crippen molar-refractivity contribution >= 4 is 23.7 Å². The molecule has 0 bridgehead atoms. The van der Waals surface area contributed by atoms with Crippen LogP contribution in [0.5, 0.6) is 0 Å². The number of thiazole rings is 1. The van der Waals surface area contributed by atoms with Crippen LogP contribution >= 0.6 is 23.7 Å². The molecule has 0 aliphatic carbocycles. The molecule has 86 valence electrons. The molecule has 1 aliphatic rings. The normalized spacial score (nSPS) is 18.7. The van der Waals surface area contributed by atoms with Crippen LogP contribution in [0.25, 0.3) is 0 Å². The molecule has 1 fully saturated rings. The van der Waals surface area contributed by atoms with Gasteiger partial charge in [-0.1, -0.05) is 0 Å². The predicted octanol–water partition coefficient (Wildman–Crippen LogP) is 1.70. The van der Waals surface area contributed by atoms with E-state index >= 15 is 0 Å². The number of rotatable bonds is 3. The maximum atomic E-state index is 5.54. The van der Waals surface area contributed by atoms with Gasteiger partial charge in [0, 0.05) is 30.6 Å². The minimum atomic E-state index is 0. The lowest BCUT2D eigenvalue weighted by molar-refractivity contribution is 0.217. The molecule has 1 saturated heterocycles. The highest BCUT2D eigenvalue weighted by atomic mass is 35.5. The van der Waals surface area contributed by atoms with E-state index in [0.717, 1.165) is 13.1 Å². The van der Waals surface area contributed by atoms with E-state index in [2.05, 4.69) is 15.3 Å². The molecule has 0 aromatic carbocycles. The third-order valence-electron chi connectivity index (χ3n) is 2.83. The van der Waals surface area contributed by atoms with Crippen LogP contribution in [0.2, 0.25) is 0 Å². The van der Waals surface area contributed by atoms with Gasteiger partial charge in [0.1, 0.15) is 0 Å². The first-order valence-electron chi connectivity index (χ1n) is 5.22. The van der Waals surface area contributed by atoms with Crippen LogP contribution in [0.4, 0.5) is 0 Å². The predicted molar refractivity (Wildman–Crippen MR) is 66.8 cm³/mol. The van der Waals surface area contributed by atoms with E-state index in [9.17, 15) is 0 Å². The summed E-state index contributed by atoms with van der Waals surface area (Å²) in [4.78, 5) is 6.83. The molecule has 0 radical (unpaired) electrons. The molecule has 1 aromatic rings. The van der Waals surface area contributed by atoms with E-state index in [1.807, 2.05) is 6.20 Å². The zero-order chi connectivity index (χ0) is 9.80. The highest BCUT2D eigenvalue weighted by Gasteiger charge is 2.21. The number of piperidine rings is 1. The first-order valence-corrected chi connectivity index (χ1v) is 6.10. The minimum absolute atomic E-state index is 0. The fourth-order valence-electron chi connectivity index (χ4n) is 2.02. The van der Waals surface area contributed by atoms with Crippen LogP contribution in [-0.4, -0.2) is 36.1 Å². The highest BCUT2D eigenvalue weighted by molar-refractivity contribution is 7.09. The Kier molecular flexibility index (Phi) is 5.53. The van der Waals surface area contributed by atoms with Gasteiger partial charge in [0.2, 0.25) is 0 Å². The minimum Gasteiger partial charge on any atom is -0.329 e. The van der Waals surface area contributed by atoms with Gasteiger partial charge in [-0.25, -0.2) is 4.98 Å². The molecule has 1 aromatic heterocycles. The fourth-order valence-corrected chi connectivity index (χ4v) is 2.83. The Morgan fingerprint density at radius 3 is 2.73 bits per heavy atom. The first kappa shape index (κ1) is 12.9. The summed E-state index contributed by atoms with van der Waals surface area (Å²) in [5.41, 5.74) is 5.54. The van der Waals surface area contributed by atoms with Crippen LogP contribution in [-0.2, 0) is 0 Å². The third kappa shape index (κ3) is 3.41. The Morgan fingerprint density at radius 2 is 2.20 bits per heavy atom. The molecule has 2 N–H and O–H groups in total. The molecule has 0 amide bonds. The average Bonchev–Trinajstić information content (AvgIpc) is 2.72. The van der Waals surface area contributed by atoms with Gasteiger partial charge in [-0.2, -0.15) is 0 Å². The molecule has 0 spiro atoms. The van der Waals surface area contributed by atoms with Gasteiger partial charge in [0.15, 0.2) is 0 Å². The van der Waals surface area contributed by atoms with E-state index < -0.39 is 0 Å². The van der Waals surface area contributed by atoms with Gasteiger partial charge in [-0.3, -0.25) is 0 Å². The van der Waals surface area contributed by atoms with E-state index in [1.54, 1.807) is 11.3 Å². The summed E-state index contributed by atoms with van der Waals surface area (Å²) in [6.45, 7) is 4.19. The second-order valence-corrected chi connectivity index (χ2v) is 4.70. The van der Waals surface area contributed by atoms with Crippen LogP contribution in [0.3, 0.4) is 0 Å². The third-order valence-corrected chi connectivity index (χ3v) is 3.77. The molecular formula is C10H18ClN3S. The van der Waals surface area contributed by atoms with Crippen LogP contribution < -0.4 is 5.73 Å². The van der Waals surface area contributed by atoms with E-state index in [-0.39, 0.29) is 12.4 Å². The molecule has 0 atom stereocenters. The Morgan fingerprint density at radius 1 is 1.47 bits per heavy atom. The summed E-state index contributed by atoms with van der Waals surface area (Å²) in [6.07, 6.45) is 4.40. The number of halogens is 1. The Bertz CT molecular complexity index is 258. The standard InChI is InChI=1S/C10H17N3S.ClH/c11-3-7-13-5-1-9(2-6-13)10-12-4-8-14-10;/h4,8-9H,1-3,5-7,11H2;1H. The maximum absolute atomic E-state index is 5.54. The number of hydrogen-bond acceptors (Lipinski definition) is 4. The number of likely N-dealkylation sites (tertiary alicyclic amines) is 1. The molecular weight excluding hydrogens is 230 g/mol. The largest absolute Gasteiger partial charge is 0.329 e. The van der Waals surface area contributed by atoms with Crippen molar-refractivity contribution in [3.63, 3.8) is 0 Å². The average molecular weight is 248 g/mol. The number of aromatic nitrogens is 1. The lowest BCUT2D eigenvalue weighted by atomic mass is 9.98. The summed E-state index contributed by atoms with van der Waals surface area (Å²) in [5.74, 6) is 0.698. The summed E-state index contributed by atoms with van der Waals surface area (Å²) < 4.78 is 0. The van der Waals surface area contributed by atoms with Gasteiger partial charge in [-0.15, -0.1) is 23.7 Å². The van der Waals surface area contributed by atoms with Crippen molar-refractivity contribution in [3.8, 4) is 0 Å². The Balaban J connectivity index is 0.00000112. The zero-order valence-corrected chi connectivity index (χ0v) is 10.4. The molecule has 0 saturated carbocycles. The lowest BCUT2D eigenvalue weighted by Crippen LogP contribution is -2.36. The van der Waals surface area contributed by atoms with E-state index in [1.165, 1.54) is 30.9 Å². The first-order chi connectivity index (χ1) is 6.90. The van der Waals surface area contributed by atoms with Crippen molar-refractivity contribution in [2.75, 3.05) is 26.2 Å². The summed E-state index contributed by atoms with van der Waals surface area (Å²) in [5, 5.41) is 3.39. The van der Waals surface area contributed by atoms with Gasteiger partial charge in [0.05, 0.1) is 5.01 Å². The number of hydrogen-bond donors (Lipinski definition) is 1. The van der Waals surface area contributed by atoms with Crippen molar-refractivity contribution < 1.29 is 0 Å². The molecule has 2 heterocycles. The van der Waals surface area contributed by atoms with Gasteiger partial charge >= 0.3 is 0 Å². The quantitative estimate of drug-likeness (QED) is 0.884. The van der Waals surface area contributed by atoms with Crippen molar-refractivity contribution in [3.05, 3.63) is 16.6 Å². The summed E-state index contributed by atoms with van der Waals surface area (Å²) in [7, 11) is 0. The summed E-state index contributed by atoms with van der Waals surface area (Å²) in [6, 6.07) is 0. The monoisotopic (exact) mass is 247 g/mol. The zero-order valence-electron chi connectivity index (χ0n) is 8.76. The molecule has 15 heavy (non-hydrogen) atoms. The second-order valence-electron chi connectivity index (χ2n) is 3.77. The molecule has 2 rings (SSSR count). The van der Waals surface area contributed by atoms with Crippen molar-refractivity contribution in [2.24, 2.45) is 5.73 Å². The topological polar surface area (TPSA) is 42.1 Å². The molecule has 1 aliphatic heterocycles. The summed E-state index contributed by atoms with van der Waals surface area (Å²) >= 11 is 1.79. The fraction of sp³-hybridized carbons (Fsp3) is 0.700. The van der Waals surface area contributed by atoms with E-state index in [4.69, 9.17) is 5.73 Å². The van der Waals surface area contributed by atoms with Gasteiger partial charge in [0.25, 0.3) is 0 Å². The second kappa shape index (κ2) is 6.43. The van der Waals surface area contributed by atoms with Crippen LogP contribution in [0.1, 0.15) is 23.8 Å². The maximum Gasteiger partial charge on any atom is 0.0956 e. The Hall–Kier alpha value is -0.160. The highest BCUT2D eigenvalue weighted by Crippen LogP contribution is 2.28. The SMILES string of the molecule is Cl.NCCN1CCC(c2nccs2)CC1. The lowest BCUT2D eigenvalue weighted by Gasteiger charge is -2.30. The molecule has 0 unspecified atom stereocenters. The molecule has 3 nitrogen and oxygen atoms in total.